The van der Waals surface area contributed by atoms with E-state index in [0.29, 0.717) is 21.5 Å². The molecule has 184 valence electrons. The Bertz CT molecular complexity index is 1200. The van der Waals surface area contributed by atoms with E-state index >= 15 is 0 Å². The Morgan fingerprint density at radius 1 is 1.20 bits per heavy atom. The van der Waals surface area contributed by atoms with Crippen LogP contribution in [0.1, 0.15) is 12.5 Å². The van der Waals surface area contributed by atoms with Gasteiger partial charge in [-0.2, -0.15) is 0 Å². The molecule has 1 aliphatic rings. The van der Waals surface area contributed by atoms with E-state index in [1.54, 1.807) is 19.1 Å². The van der Waals surface area contributed by atoms with Gasteiger partial charge in [-0.15, -0.1) is 0 Å². The Labute approximate surface area is 208 Å². The summed E-state index contributed by atoms with van der Waals surface area (Å²) in [5.74, 6) is -2.16. The van der Waals surface area contributed by atoms with Gasteiger partial charge in [-0.05, 0) is 58.8 Å². The molecular formula is C23H21BrFN3O7. The number of anilines is 1. The standard InChI is InChI=1S/C23H21BrFN3O7/c1-3-34-18-10-13(8-14(24)21(18)35-12-20(30)33-2)9-17-22(31)28(23(32)27-17)11-19(29)26-16-7-5-4-6-15(16)25/h4-10H,3,11-12H2,1-2H3,(H,26,29)(H,27,32)/b17-9+. The summed E-state index contributed by atoms with van der Waals surface area (Å²) in [7, 11) is 1.24. The molecule has 0 atom stereocenters. The number of esters is 1. The van der Waals surface area contributed by atoms with Crippen molar-refractivity contribution in [2.75, 3.05) is 32.2 Å². The van der Waals surface area contributed by atoms with E-state index in [1.807, 2.05) is 0 Å². The Balaban J connectivity index is 1.77. The second-order valence-electron chi connectivity index (χ2n) is 7.04. The number of amides is 4. The molecule has 0 aliphatic carbocycles. The van der Waals surface area contributed by atoms with Gasteiger partial charge in [-0.1, -0.05) is 12.1 Å². The fourth-order valence-corrected chi connectivity index (χ4v) is 3.62. The highest BCUT2D eigenvalue weighted by atomic mass is 79.9. The van der Waals surface area contributed by atoms with E-state index in [1.165, 1.54) is 37.5 Å². The molecule has 1 saturated heterocycles. The minimum Gasteiger partial charge on any atom is -0.490 e. The minimum absolute atomic E-state index is 0.0665. The third-order valence-electron chi connectivity index (χ3n) is 4.62. The Morgan fingerprint density at radius 3 is 2.63 bits per heavy atom. The Kier molecular flexibility index (Phi) is 8.42. The fraction of sp³-hybridized carbons (Fsp3) is 0.217. The van der Waals surface area contributed by atoms with E-state index < -0.39 is 36.2 Å². The number of rotatable bonds is 9. The van der Waals surface area contributed by atoms with Crippen LogP contribution in [0.15, 0.2) is 46.6 Å². The first-order valence-corrected chi connectivity index (χ1v) is 11.1. The van der Waals surface area contributed by atoms with Crippen LogP contribution in [0.5, 0.6) is 11.5 Å². The highest BCUT2D eigenvalue weighted by Crippen LogP contribution is 2.37. The van der Waals surface area contributed by atoms with Gasteiger partial charge in [0.2, 0.25) is 5.91 Å². The van der Waals surface area contributed by atoms with Gasteiger partial charge in [0, 0.05) is 0 Å². The molecule has 0 aromatic heterocycles. The van der Waals surface area contributed by atoms with Crippen molar-refractivity contribution in [2.45, 2.75) is 6.92 Å². The lowest BCUT2D eigenvalue weighted by molar-refractivity contribution is -0.143. The molecule has 1 heterocycles. The van der Waals surface area contributed by atoms with Gasteiger partial charge < -0.3 is 24.8 Å². The summed E-state index contributed by atoms with van der Waals surface area (Å²) in [6.45, 7) is 1.11. The smallest absolute Gasteiger partial charge is 0.343 e. The molecule has 0 saturated carbocycles. The lowest BCUT2D eigenvalue weighted by Crippen LogP contribution is -2.38. The average Bonchev–Trinajstić information content (AvgIpc) is 3.07. The van der Waals surface area contributed by atoms with Gasteiger partial charge in [0.05, 0.1) is 23.9 Å². The number of para-hydroxylation sites is 1. The fourth-order valence-electron chi connectivity index (χ4n) is 3.04. The number of nitrogens with one attached hydrogen (secondary N) is 2. The van der Waals surface area contributed by atoms with Crippen molar-refractivity contribution in [2.24, 2.45) is 0 Å². The van der Waals surface area contributed by atoms with Crippen molar-refractivity contribution in [1.29, 1.82) is 0 Å². The molecule has 2 aromatic carbocycles. The molecule has 0 radical (unpaired) electrons. The third kappa shape index (κ3) is 6.35. The zero-order valence-corrected chi connectivity index (χ0v) is 20.3. The molecule has 2 aromatic rings. The van der Waals surface area contributed by atoms with Crippen LogP contribution in [-0.4, -0.2) is 55.6 Å². The van der Waals surface area contributed by atoms with E-state index in [0.717, 1.165) is 0 Å². The highest BCUT2D eigenvalue weighted by molar-refractivity contribution is 9.10. The zero-order chi connectivity index (χ0) is 25.5. The topological polar surface area (TPSA) is 123 Å². The van der Waals surface area contributed by atoms with Crippen LogP contribution < -0.4 is 20.1 Å². The van der Waals surface area contributed by atoms with Crippen molar-refractivity contribution in [3.8, 4) is 11.5 Å². The van der Waals surface area contributed by atoms with E-state index in [9.17, 15) is 23.6 Å². The summed E-state index contributed by atoms with van der Waals surface area (Å²) in [5.41, 5.74) is 0.321. The van der Waals surface area contributed by atoms with Gasteiger partial charge in [0.1, 0.15) is 18.1 Å². The quantitative estimate of drug-likeness (QED) is 0.280. The van der Waals surface area contributed by atoms with Gasteiger partial charge in [-0.3, -0.25) is 9.59 Å². The van der Waals surface area contributed by atoms with E-state index in [-0.39, 0.29) is 29.5 Å². The molecule has 0 unspecified atom stereocenters. The molecule has 3 rings (SSSR count). The summed E-state index contributed by atoms with van der Waals surface area (Å²) in [4.78, 5) is 49.4. The number of ether oxygens (including phenoxy) is 3. The molecule has 2 N–H and O–H groups in total. The maximum absolute atomic E-state index is 13.7. The molecular weight excluding hydrogens is 529 g/mol. The summed E-state index contributed by atoms with van der Waals surface area (Å²) >= 11 is 3.35. The number of carbonyl (C=O) groups excluding carboxylic acids is 4. The number of urea groups is 1. The first-order chi connectivity index (χ1) is 16.7. The van der Waals surface area contributed by atoms with Crippen LogP contribution >= 0.6 is 15.9 Å². The van der Waals surface area contributed by atoms with Crippen LogP contribution in [0, 0.1) is 5.82 Å². The number of halogens is 2. The lowest BCUT2D eigenvalue weighted by atomic mass is 10.1. The maximum atomic E-state index is 13.7. The molecule has 12 heteroatoms. The molecule has 10 nitrogen and oxygen atoms in total. The summed E-state index contributed by atoms with van der Waals surface area (Å²) in [6.07, 6.45) is 1.40. The third-order valence-corrected chi connectivity index (χ3v) is 5.21. The van der Waals surface area contributed by atoms with E-state index in [2.05, 4.69) is 31.3 Å². The first-order valence-electron chi connectivity index (χ1n) is 10.3. The number of imide groups is 1. The predicted octanol–water partition coefficient (Wildman–Crippen LogP) is 3.07. The number of methoxy groups -OCH3 is 1. The summed E-state index contributed by atoms with van der Waals surface area (Å²) in [5, 5.41) is 4.74. The lowest BCUT2D eigenvalue weighted by Gasteiger charge is -2.14. The monoisotopic (exact) mass is 549 g/mol. The number of hydrogen-bond acceptors (Lipinski definition) is 7. The molecule has 1 fully saturated rings. The SMILES string of the molecule is CCOc1cc(/C=C2/NC(=O)N(CC(=O)Nc3ccccc3F)C2=O)cc(Br)c1OCC(=O)OC. The summed E-state index contributed by atoms with van der Waals surface area (Å²) < 4.78 is 29.8. The molecule has 35 heavy (non-hydrogen) atoms. The highest BCUT2D eigenvalue weighted by Gasteiger charge is 2.35. The van der Waals surface area contributed by atoms with Crippen LogP contribution in [0.3, 0.4) is 0 Å². The maximum Gasteiger partial charge on any atom is 0.343 e. The largest absolute Gasteiger partial charge is 0.490 e. The zero-order valence-electron chi connectivity index (χ0n) is 18.7. The number of carbonyl (C=O) groups is 4. The second kappa shape index (κ2) is 11.5. The summed E-state index contributed by atoms with van der Waals surface area (Å²) in [6, 6.07) is 7.88. The van der Waals surface area contributed by atoms with Crippen LogP contribution in [-0.2, 0) is 19.1 Å². The van der Waals surface area contributed by atoms with Gasteiger partial charge in [0.15, 0.2) is 18.1 Å². The van der Waals surface area contributed by atoms with Crippen molar-refractivity contribution in [3.05, 3.63) is 57.9 Å². The first kappa shape index (κ1) is 25.7. The Hall–Kier alpha value is -3.93. The number of benzene rings is 2. The predicted molar refractivity (Wildman–Crippen MR) is 126 cm³/mol. The second-order valence-corrected chi connectivity index (χ2v) is 7.89. The average molecular weight is 550 g/mol. The van der Waals surface area contributed by atoms with Crippen molar-refractivity contribution < 1.29 is 37.8 Å². The van der Waals surface area contributed by atoms with Crippen molar-refractivity contribution >= 4 is 51.5 Å². The van der Waals surface area contributed by atoms with E-state index in [4.69, 9.17) is 9.47 Å². The molecule has 4 amide bonds. The molecule has 0 bridgehead atoms. The molecule has 0 spiro atoms. The van der Waals surface area contributed by atoms with Crippen molar-refractivity contribution in [3.63, 3.8) is 0 Å². The van der Waals surface area contributed by atoms with Gasteiger partial charge >= 0.3 is 12.0 Å². The van der Waals surface area contributed by atoms with Crippen molar-refractivity contribution in [1.82, 2.24) is 10.2 Å². The number of hydrogen-bond donors (Lipinski definition) is 2. The van der Waals surface area contributed by atoms with Crippen LogP contribution in [0.4, 0.5) is 14.9 Å². The van der Waals surface area contributed by atoms with Gasteiger partial charge in [0.25, 0.3) is 5.91 Å². The Morgan fingerprint density at radius 2 is 1.94 bits per heavy atom. The molecule has 1 aliphatic heterocycles. The van der Waals surface area contributed by atoms with Crippen LogP contribution in [0.25, 0.3) is 6.08 Å². The number of nitrogens with zero attached hydrogens (tertiary/aromatic N) is 1. The van der Waals surface area contributed by atoms with Crippen LogP contribution in [0.2, 0.25) is 0 Å². The van der Waals surface area contributed by atoms with Gasteiger partial charge in [-0.25, -0.2) is 18.9 Å². The normalized spacial score (nSPS) is 14.1. The minimum atomic E-state index is -0.799.